The van der Waals surface area contributed by atoms with Gasteiger partial charge in [-0.2, -0.15) is 0 Å². The highest BCUT2D eigenvalue weighted by Crippen LogP contribution is 2.23. The number of hydrogen-bond donors (Lipinski definition) is 0. The van der Waals surface area contributed by atoms with Crippen LogP contribution in [0.1, 0.15) is 52.9 Å². The molecule has 1 saturated heterocycles. The highest BCUT2D eigenvalue weighted by atomic mass is 16.7. The Bertz CT molecular complexity index is 137. The van der Waals surface area contributed by atoms with Gasteiger partial charge in [-0.15, -0.1) is 0 Å². The van der Waals surface area contributed by atoms with Crippen molar-refractivity contribution in [3.8, 4) is 0 Å². The standard InChI is InChI=1S/C11H22O2/c1-4-8-11(2,3)13-10-7-5-6-9-12-10/h10H,4-9H2,1-3H3. The number of ether oxygens (including phenoxy) is 2. The zero-order chi connectivity index (χ0) is 9.73. The van der Waals surface area contributed by atoms with Crippen LogP contribution in [0.4, 0.5) is 0 Å². The van der Waals surface area contributed by atoms with E-state index in [0.29, 0.717) is 0 Å². The molecule has 0 spiro atoms. The molecule has 1 heterocycles. The van der Waals surface area contributed by atoms with E-state index in [1.54, 1.807) is 0 Å². The molecule has 2 heteroatoms. The largest absolute Gasteiger partial charge is 0.353 e. The van der Waals surface area contributed by atoms with Crippen molar-refractivity contribution in [2.24, 2.45) is 0 Å². The van der Waals surface area contributed by atoms with Crippen molar-refractivity contribution >= 4 is 0 Å². The smallest absolute Gasteiger partial charge is 0.158 e. The Morgan fingerprint density at radius 2 is 2.15 bits per heavy atom. The molecule has 1 unspecified atom stereocenters. The van der Waals surface area contributed by atoms with Crippen LogP contribution in [0.5, 0.6) is 0 Å². The Balaban J connectivity index is 2.28. The van der Waals surface area contributed by atoms with Crippen molar-refractivity contribution in [2.45, 2.75) is 64.8 Å². The summed E-state index contributed by atoms with van der Waals surface area (Å²) in [5, 5.41) is 0. The highest BCUT2D eigenvalue weighted by molar-refractivity contribution is 4.69. The number of rotatable bonds is 4. The average Bonchev–Trinajstić information content (AvgIpc) is 2.04. The van der Waals surface area contributed by atoms with Gasteiger partial charge in [-0.1, -0.05) is 13.3 Å². The lowest BCUT2D eigenvalue weighted by Crippen LogP contribution is -2.34. The molecule has 78 valence electrons. The van der Waals surface area contributed by atoms with Gasteiger partial charge < -0.3 is 9.47 Å². The van der Waals surface area contributed by atoms with Gasteiger partial charge >= 0.3 is 0 Å². The van der Waals surface area contributed by atoms with E-state index in [0.717, 1.165) is 19.4 Å². The molecular weight excluding hydrogens is 164 g/mol. The summed E-state index contributed by atoms with van der Waals surface area (Å²) >= 11 is 0. The summed E-state index contributed by atoms with van der Waals surface area (Å²) in [6.07, 6.45) is 5.82. The summed E-state index contributed by atoms with van der Waals surface area (Å²) in [5.74, 6) is 0. The van der Waals surface area contributed by atoms with E-state index in [2.05, 4.69) is 20.8 Å². The SMILES string of the molecule is CCCC(C)(C)OC1CCCCO1. The predicted octanol–water partition coefficient (Wildman–Crippen LogP) is 3.11. The van der Waals surface area contributed by atoms with E-state index >= 15 is 0 Å². The van der Waals surface area contributed by atoms with E-state index in [4.69, 9.17) is 9.47 Å². The molecule has 2 nitrogen and oxygen atoms in total. The third-order valence-electron chi connectivity index (χ3n) is 2.44. The topological polar surface area (TPSA) is 18.5 Å². The third-order valence-corrected chi connectivity index (χ3v) is 2.44. The molecule has 1 fully saturated rings. The van der Waals surface area contributed by atoms with Crippen LogP contribution in [-0.2, 0) is 9.47 Å². The molecule has 0 aliphatic carbocycles. The normalized spacial score (nSPS) is 24.7. The molecule has 0 aromatic heterocycles. The lowest BCUT2D eigenvalue weighted by Gasteiger charge is -2.32. The van der Waals surface area contributed by atoms with Gasteiger partial charge in [0.2, 0.25) is 0 Å². The molecule has 1 aliphatic heterocycles. The first-order valence-electron chi connectivity index (χ1n) is 5.43. The minimum absolute atomic E-state index is 0.0171. The summed E-state index contributed by atoms with van der Waals surface area (Å²) in [6, 6.07) is 0. The summed E-state index contributed by atoms with van der Waals surface area (Å²) in [6.45, 7) is 7.35. The van der Waals surface area contributed by atoms with Crippen LogP contribution in [0.15, 0.2) is 0 Å². The molecule has 0 aromatic rings. The van der Waals surface area contributed by atoms with Crippen molar-refractivity contribution in [1.29, 1.82) is 0 Å². The molecular formula is C11H22O2. The molecule has 0 saturated carbocycles. The lowest BCUT2D eigenvalue weighted by molar-refractivity contribution is -0.216. The average molecular weight is 186 g/mol. The lowest BCUT2D eigenvalue weighted by atomic mass is 10.0. The Morgan fingerprint density at radius 3 is 2.69 bits per heavy atom. The van der Waals surface area contributed by atoms with Crippen molar-refractivity contribution in [3.05, 3.63) is 0 Å². The fourth-order valence-electron chi connectivity index (χ4n) is 1.82. The van der Waals surface area contributed by atoms with Crippen LogP contribution in [-0.4, -0.2) is 18.5 Å². The fourth-order valence-corrected chi connectivity index (χ4v) is 1.82. The van der Waals surface area contributed by atoms with Crippen LogP contribution in [0.3, 0.4) is 0 Å². The van der Waals surface area contributed by atoms with Gasteiger partial charge in [-0.3, -0.25) is 0 Å². The molecule has 1 aliphatic rings. The van der Waals surface area contributed by atoms with Crippen LogP contribution in [0.2, 0.25) is 0 Å². The second-order valence-electron chi connectivity index (χ2n) is 4.42. The first-order valence-corrected chi connectivity index (χ1v) is 5.43. The summed E-state index contributed by atoms with van der Waals surface area (Å²) in [4.78, 5) is 0. The molecule has 0 N–H and O–H groups in total. The fraction of sp³-hybridized carbons (Fsp3) is 1.00. The maximum atomic E-state index is 5.90. The van der Waals surface area contributed by atoms with Crippen molar-refractivity contribution in [2.75, 3.05) is 6.61 Å². The Kier molecular flexibility index (Phi) is 4.20. The van der Waals surface area contributed by atoms with E-state index in [-0.39, 0.29) is 11.9 Å². The first-order chi connectivity index (χ1) is 6.14. The number of hydrogen-bond acceptors (Lipinski definition) is 2. The summed E-state index contributed by atoms with van der Waals surface area (Å²) in [5.41, 5.74) is -0.0171. The molecule has 0 aromatic carbocycles. The van der Waals surface area contributed by atoms with E-state index in [1.807, 2.05) is 0 Å². The third kappa shape index (κ3) is 4.10. The van der Waals surface area contributed by atoms with E-state index < -0.39 is 0 Å². The maximum Gasteiger partial charge on any atom is 0.158 e. The summed E-state index contributed by atoms with van der Waals surface area (Å²) in [7, 11) is 0. The molecule has 1 atom stereocenters. The van der Waals surface area contributed by atoms with Crippen LogP contribution in [0, 0.1) is 0 Å². The van der Waals surface area contributed by atoms with Gasteiger partial charge in [0.15, 0.2) is 6.29 Å². The zero-order valence-corrected chi connectivity index (χ0v) is 9.14. The van der Waals surface area contributed by atoms with Crippen molar-refractivity contribution in [3.63, 3.8) is 0 Å². The predicted molar refractivity (Wildman–Crippen MR) is 53.7 cm³/mol. The van der Waals surface area contributed by atoms with Gasteiger partial charge in [-0.05, 0) is 39.5 Å². The maximum absolute atomic E-state index is 5.90. The first kappa shape index (κ1) is 11.0. The minimum Gasteiger partial charge on any atom is -0.353 e. The molecule has 1 rings (SSSR count). The monoisotopic (exact) mass is 186 g/mol. The molecule has 0 radical (unpaired) electrons. The van der Waals surface area contributed by atoms with Gasteiger partial charge in [0.25, 0.3) is 0 Å². The van der Waals surface area contributed by atoms with Crippen LogP contribution >= 0.6 is 0 Å². The quantitative estimate of drug-likeness (QED) is 0.671. The van der Waals surface area contributed by atoms with Gasteiger partial charge in [0, 0.05) is 6.61 Å². The Hall–Kier alpha value is -0.0800. The van der Waals surface area contributed by atoms with Crippen LogP contribution in [0.25, 0.3) is 0 Å². The molecule has 0 bridgehead atoms. The Morgan fingerprint density at radius 1 is 1.38 bits per heavy atom. The van der Waals surface area contributed by atoms with Gasteiger partial charge in [-0.25, -0.2) is 0 Å². The van der Waals surface area contributed by atoms with Crippen molar-refractivity contribution in [1.82, 2.24) is 0 Å². The minimum atomic E-state index is -0.0171. The van der Waals surface area contributed by atoms with Crippen LogP contribution < -0.4 is 0 Å². The second-order valence-corrected chi connectivity index (χ2v) is 4.42. The summed E-state index contributed by atoms with van der Waals surface area (Å²) < 4.78 is 11.4. The zero-order valence-electron chi connectivity index (χ0n) is 9.14. The van der Waals surface area contributed by atoms with Crippen molar-refractivity contribution < 1.29 is 9.47 Å². The van der Waals surface area contributed by atoms with E-state index in [1.165, 1.54) is 19.3 Å². The van der Waals surface area contributed by atoms with Gasteiger partial charge in [0.1, 0.15) is 0 Å². The second kappa shape index (κ2) is 4.97. The van der Waals surface area contributed by atoms with E-state index in [9.17, 15) is 0 Å². The molecule has 13 heavy (non-hydrogen) atoms. The molecule has 0 amide bonds. The van der Waals surface area contributed by atoms with Gasteiger partial charge in [0.05, 0.1) is 5.60 Å². The Labute approximate surface area is 81.6 Å². The highest BCUT2D eigenvalue weighted by Gasteiger charge is 2.24.